The molecule has 184 valence electrons. The Morgan fingerprint density at radius 2 is 2.00 bits per heavy atom. The van der Waals surface area contributed by atoms with Crippen LogP contribution < -0.4 is 25.4 Å². The summed E-state index contributed by atoms with van der Waals surface area (Å²) in [5, 5.41) is 11.3. The predicted molar refractivity (Wildman–Crippen MR) is 137 cm³/mol. The van der Waals surface area contributed by atoms with Gasteiger partial charge in [0, 0.05) is 30.1 Å². The molecule has 0 aliphatic heterocycles. The smallest absolute Gasteiger partial charge is 0.266 e. The number of thiazole rings is 1. The highest BCUT2D eigenvalue weighted by Crippen LogP contribution is 2.35. The lowest BCUT2D eigenvalue weighted by Gasteiger charge is -2.19. The zero-order valence-corrected chi connectivity index (χ0v) is 21.4. The van der Waals surface area contributed by atoms with Gasteiger partial charge in [-0.05, 0) is 38.1 Å². The molecule has 3 aromatic rings. The quantitative estimate of drug-likeness (QED) is 0.254. The first-order valence-corrected chi connectivity index (χ1v) is 13.3. The number of hydrogen-bond donors (Lipinski definition) is 4. The molecule has 0 aliphatic carbocycles. The number of anilines is 4. The second-order valence-electron chi connectivity index (χ2n) is 7.39. The van der Waals surface area contributed by atoms with Crippen molar-refractivity contribution in [3.63, 3.8) is 0 Å². The molecular weight excluding hydrogens is 501 g/mol. The third kappa shape index (κ3) is 6.50. The van der Waals surface area contributed by atoms with E-state index in [2.05, 4.69) is 32.6 Å². The number of rotatable bonds is 12. The van der Waals surface area contributed by atoms with Gasteiger partial charge in [-0.15, -0.1) is 11.3 Å². The van der Waals surface area contributed by atoms with Crippen LogP contribution in [0.25, 0.3) is 0 Å². The summed E-state index contributed by atoms with van der Waals surface area (Å²) in [6, 6.07) is 7.87. The number of benzene rings is 2. The van der Waals surface area contributed by atoms with Gasteiger partial charge in [-0.3, -0.25) is 4.72 Å². The molecular formula is C22H27ClFN5O3S2. The Morgan fingerprint density at radius 1 is 1.21 bits per heavy atom. The zero-order valence-electron chi connectivity index (χ0n) is 19.0. The van der Waals surface area contributed by atoms with E-state index in [1.165, 1.54) is 22.2 Å². The Balaban J connectivity index is 1.84. The molecule has 1 heterocycles. The monoisotopic (exact) mass is 527 g/mol. The third-order valence-electron chi connectivity index (χ3n) is 5.19. The lowest BCUT2D eigenvalue weighted by molar-refractivity contribution is 0.415. The number of methoxy groups -OCH3 is 1. The number of halogens is 2. The molecule has 0 fully saturated rings. The first-order chi connectivity index (χ1) is 16.3. The predicted octanol–water partition coefficient (Wildman–Crippen LogP) is 5.29. The molecule has 12 heteroatoms. The van der Waals surface area contributed by atoms with Crippen LogP contribution in [0.2, 0.25) is 5.02 Å². The van der Waals surface area contributed by atoms with Crippen LogP contribution in [0, 0.1) is 5.82 Å². The van der Waals surface area contributed by atoms with Gasteiger partial charge in [-0.25, -0.2) is 17.8 Å². The molecule has 0 aliphatic rings. The van der Waals surface area contributed by atoms with Crippen molar-refractivity contribution in [1.82, 2.24) is 10.3 Å². The van der Waals surface area contributed by atoms with Gasteiger partial charge >= 0.3 is 0 Å². The number of nitrogens with zero attached hydrogens (tertiary/aromatic N) is 1. The fraction of sp³-hybridized carbons (Fsp3) is 0.318. The first-order valence-electron chi connectivity index (χ1n) is 10.5. The standard InChI is InChI=1S/C22H27ClFN5O3S2/c1-4-14(25-2)7-8-26-20-9-15(32-3)5-6-18(20)28-19-11-17(24)21(10-16(19)23)34(30,31)29-22-12-33-13-27-22/h5-6,9-14,25-26,28-29H,4,7-8H2,1-3H3. The fourth-order valence-electron chi connectivity index (χ4n) is 3.27. The minimum absolute atomic E-state index is 0.0445. The van der Waals surface area contributed by atoms with Gasteiger partial charge in [0.2, 0.25) is 0 Å². The highest BCUT2D eigenvalue weighted by molar-refractivity contribution is 7.92. The van der Waals surface area contributed by atoms with E-state index in [0.29, 0.717) is 24.0 Å². The van der Waals surface area contributed by atoms with Gasteiger partial charge < -0.3 is 20.7 Å². The minimum atomic E-state index is -4.20. The van der Waals surface area contributed by atoms with Crippen LogP contribution in [0.3, 0.4) is 0 Å². The summed E-state index contributed by atoms with van der Waals surface area (Å²) >= 11 is 7.56. The normalized spacial score (nSPS) is 12.3. The van der Waals surface area contributed by atoms with E-state index in [9.17, 15) is 12.8 Å². The van der Waals surface area contributed by atoms with E-state index in [-0.39, 0.29) is 16.5 Å². The van der Waals surface area contributed by atoms with E-state index in [1.807, 2.05) is 13.1 Å². The van der Waals surface area contributed by atoms with Crippen LogP contribution in [0.4, 0.5) is 27.3 Å². The molecule has 0 bridgehead atoms. The fourth-order valence-corrected chi connectivity index (χ4v) is 5.19. The van der Waals surface area contributed by atoms with Gasteiger partial charge in [-0.2, -0.15) is 0 Å². The molecule has 1 aromatic heterocycles. The summed E-state index contributed by atoms with van der Waals surface area (Å²) in [5.74, 6) is -0.182. The van der Waals surface area contributed by atoms with Crippen molar-refractivity contribution in [2.24, 2.45) is 0 Å². The van der Waals surface area contributed by atoms with Crippen LogP contribution in [0.5, 0.6) is 5.75 Å². The summed E-state index contributed by atoms with van der Waals surface area (Å²) in [7, 11) is -0.692. The molecule has 0 amide bonds. The maximum absolute atomic E-state index is 14.9. The van der Waals surface area contributed by atoms with Crippen molar-refractivity contribution in [3.8, 4) is 5.75 Å². The summed E-state index contributed by atoms with van der Waals surface area (Å²) in [5.41, 5.74) is 3.07. The Hall–Kier alpha value is -2.60. The summed E-state index contributed by atoms with van der Waals surface area (Å²) < 4.78 is 47.6. The second-order valence-corrected chi connectivity index (χ2v) is 10.2. The number of sulfonamides is 1. The molecule has 4 N–H and O–H groups in total. The lowest BCUT2D eigenvalue weighted by atomic mass is 10.1. The second kappa shape index (κ2) is 11.7. The summed E-state index contributed by atoms with van der Waals surface area (Å²) in [6.07, 6.45) is 1.90. The van der Waals surface area contributed by atoms with E-state index in [4.69, 9.17) is 16.3 Å². The van der Waals surface area contributed by atoms with Crippen molar-refractivity contribution in [2.45, 2.75) is 30.7 Å². The Labute approximate surface area is 208 Å². The molecule has 0 radical (unpaired) electrons. The Bertz CT molecular complexity index is 1210. The molecule has 1 unspecified atom stereocenters. The maximum atomic E-state index is 14.9. The van der Waals surface area contributed by atoms with Crippen molar-refractivity contribution >= 4 is 55.8 Å². The third-order valence-corrected chi connectivity index (χ3v) is 7.46. The van der Waals surface area contributed by atoms with Crippen molar-refractivity contribution in [3.05, 3.63) is 52.1 Å². The summed E-state index contributed by atoms with van der Waals surface area (Å²) in [6.45, 7) is 2.81. The molecule has 8 nitrogen and oxygen atoms in total. The Kier molecular flexibility index (Phi) is 8.95. The molecule has 34 heavy (non-hydrogen) atoms. The van der Waals surface area contributed by atoms with Gasteiger partial charge in [-0.1, -0.05) is 18.5 Å². The van der Waals surface area contributed by atoms with Crippen LogP contribution in [0.1, 0.15) is 19.8 Å². The molecule has 1 atom stereocenters. The number of hydrogen-bond acceptors (Lipinski definition) is 8. The highest BCUT2D eigenvalue weighted by atomic mass is 35.5. The average molecular weight is 528 g/mol. The van der Waals surface area contributed by atoms with Crippen molar-refractivity contribution < 1.29 is 17.5 Å². The van der Waals surface area contributed by atoms with Crippen molar-refractivity contribution in [1.29, 1.82) is 0 Å². The topological polar surface area (TPSA) is 104 Å². The van der Waals surface area contributed by atoms with E-state index < -0.39 is 20.7 Å². The number of aromatic nitrogens is 1. The van der Waals surface area contributed by atoms with Crippen LogP contribution >= 0.6 is 22.9 Å². The first kappa shape index (κ1) is 26.0. The SMILES string of the molecule is CCC(CCNc1cc(OC)ccc1Nc1cc(F)c(S(=O)(=O)Nc2cscn2)cc1Cl)NC. The maximum Gasteiger partial charge on any atom is 0.266 e. The largest absolute Gasteiger partial charge is 0.497 e. The average Bonchev–Trinajstić information content (AvgIpc) is 3.32. The number of ether oxygens (including phenoxy) is 1. The van der Waals surface area contributed by atoms with Crippen LogP contribution in [-0.2, 0) is 10.0 Å². The molecule has 2 aromatic carbocycles. The van der Waals surface area contributed by atoms with Crippen LogP contribution in [0.15, 0.2) is 46.1 Å². The minimum Gasteiger partial charge on any atom is -0.497 e. The van der Waals surface area contributed by atoms with E-state index >= 15 is 0 Å². The van der Waals surface area contributed by atoms with Gasteiger partial charge in [0.15, 0.2) is 5.82 Å². The molecule has 0 saturated heterocycles. The number of nitrogens with one attached hydrogen (secondary N) is 4. The van der Waals surface area contributed by atoms with Gasteiger partial charge in [0.1, 0.15) is 16.5 Å². The Morgan fingerprint density at radius 3 is 2.65 bits per heavy atom. The van der Waals surface area contributed by atoms with E-state index in [1.54, 1.807) is 19.2 Å². The van der Waals surface area contributed by atoms with Gasteiger partial charge in [0.05, 0.1) is 34.7 Å². The van der Waals surface area contributed by atoms with E-state index in [0.717, 1.165) is 30.7 Å². The van der Waals surface area contributed by atoms with Crippen molar-refractivity contribution in [2.75, 3.05) is 36.1 Å². The summed E-state index contributed by atoms with van der Waals surface area (Å²) in [4.78, 5) is 3.29. The molecule has 3 rings (SSSR count). The molecule has 0 saturated carbocycles. The zero-order chi connectivity index (χ0) is 24.7. The van der Waals surface area contributed by atoms with Crippen LogP contribution in [-0.4, -0.2) is 40.1 Å². The molecule has 0 spiro atoms. The van der Waals surface area contributed by atoms with Gasteiger partial charge in [0.25, 0.3) is 10.0 Å². The highest BCUT2D eigenvalue weighted by Gasteiger charge is 2.22. The lowest BCUT2D eigenvalue weighted by Crippen LogP contribution is -2.26.